The highest BCUT2D eigenvalue weighted by Crippen LogP contribution is 2.46. The van der Waals surface area contributed by atoms with Gasteiger partial charge in [0.05, 0.1) is 11.4 Å². The minimum Gasteiger partial charge on any atom is -0.355 e. The van der Waals surface area contributed by atoms with Crippen LogP contribution in [0.25, 0.3) is 0 Å². The molecule has 2 aliphatic heterocycles. The lowest BCUT2D eigenvalue weighted by Crippen LogP contribution is -2.48. The van der Waals surface area contributed by atoms with Crippen LogP contribution in [0, 0.1) is 9.49 Å². The number of hydrogen-bond donors (Lipinski definition) is 1. The van der Waals surface area contributed by atoms with Gasteiger partial charge in [0.25, 0.3) is 0 Å². The van der Waals surface area contributed by atoms with Crippen LogP contribution < -0.4 is 10.2 Å². The molecule has 100 valence electrons. The summed E-state index contributed by atoms with van der Waals surface area (Å²) in [4.78, 5) is 14.8. The molecule has 0 bridgehead atoms. The van der Waals surface area contributed by atoms with E-state index in [2.05, 4.69) is 51.0 Å². The monoisotopic (exact) mass is 368 g/mol. The van der Waals surface area contributed by atoms with Crippen molar-refractivity contribution >= 4 is 39.9 Å². The van der Waals surface area contributed by atoms with Crippen molar-refractivity contribution in [1.82, 2.24) is 0 Å². The van der Waals surface area contributed by atoms with Crippen molar-refractivity contribution in [3.8, 4) is 0 Å². The molecule has 4 heteroatoms. The highest BCUT2D eigenvalue weighted by Gasteiger charge is 2.47. The summed E-state index contributed by atoms with van der Waals surface area (Å²) in [5.74, 6) is 0.915. The van der Waals surface area contributed by atoms with E-state index in [0.29, 0.717) is 6.04 Å². The fourth-order valence-corrected chi connectivity index (χ4v) is 4.58. The summed E-state index contributed by atoms with van der Waals surface area (Å²) in [7, 11) is 0. The number of nitrogens with zero attached hydrogens (tertiary/aromatic N) is 1. The molecule has 1 saturated carbocycles. The molecule has 0 radical (unpaired) electrons. The smallest absolute Gasteiger partial charge is 0.247 e. The van der Waals surface area contributed by atoms with E-state index in [1.165, 1.54) is 34.9 Å². The SMILES string of the molecule is O=C1Nc2cc(I)ccc2N2C1CC1CCCCC12. The summed E-state index contributed by atoms with van der Waals surface area (Å²) in [6.45, 7) is 0. The van der Waals surface area contributed by atoms with Crippen LogP contribution in [0.5, 0.6) is 0 Å². The predicted molar refractivity (Wildman–Crippen MR) is 84.4 cm³/mol. The molecule has 1 amide bonds. The quantitative estimate of drug-likeness (QED) is 0.713. The van der Waals surface area contributed by atoms with Crippen LogP contribution in [0.4, 0.5) is 11.4 Å². The van der Waals surface area contributed by atoms with Gasteiger partial charge in [0, 0.05) is 9.61 Å². The van der Waals surface area contributed by atoms with Crippen molar-refractivity contribution in [3.05, 3.63) is 21.8 Å². The van der Waals surface area contributed by atoms with Gasteiger partial charge in [-0.15, -0.1) is 0 Å². The van der Waals surface area contributed by atoms with Crippen molar-refractivity contribution in [2.45, 2.75) is 44.2 Å². The summed E-state index contributed by atoms with van der Waals surface area (Å²) in [5.41, 5.74) is 2.23. The molecule has 3 unspecified atom stereocenters. The van der Waals surface area contributed by atoms with Gasteiger partial charge in [-0.1, -0.05) is 12.8 Å². The van der Waals surface area contributed by atoms with Crippen molar-refractivity contribution < 1.29 is 4.79 Å². The number of nitrogens with one attached hydrogen (secondary N) is 1. The van der Waals surface area contributed by atoms with E-state index >= 15 is 0 Å². The van der Waals surface area contributed by atoms with Gasteiger partial charge < -0.3 is 10.2 Å². The molecule has 1 aromatic carbocycles. The number of fused-ring (bicyclic) bond motifs is 5. The van der Waals surface area contributed by atoms with Gasteiger partial charge in [-0.2, -0.15) is 0 Å². The Labute approximate surface area is 126 Å². The van der Waals surface area contributed by atoms with Gasteiger partial charge in [-0.05, 0) is 66.0 Å². The number of amides is 1. The zero-order valence-electron chi connectivity index (χ0n) is 10.7. The third kappa shape index (κ3) is 1.79. The molecular weight excluding hydrogens is 351 g/mol. The second kappa shape index (κ2) is 4.36. The normalized spacial score (nSPS) is 32.4. The van der Waals surface area contributed by atoms with Gasteiger partial charge in [0.15, 0.2) is 0 Å². The third-order valence-electron chi connectivity index (χ3n) is 4.89. The number of carbonyl (C=O) groups excluding carboxylic acids is 1. The number of anilines is 2. The van der Waals surface area contributed by atoms with Crippen molar-refractivity contribution in [2.24, 2.45) is 5.92 Å². The number of halogens is 1. The van der Waals surface area contributed by atoms with E-state index in [-0.39, 0.29) is 11.9 Å². The summed E-state index contributed by atoms with van der Waals surface area (Å²) < 4.78 is 1.18. The Hall–Kier alpha value is -0.780. The van der Waals surface area contributed by atoms with E-state index in [1.54, 1.807) is 0 Å². The van der Waals surface area contributed by atoms with E-state index in [0.717, 1.165) is 18.0 Å². The minimum absolute atomic E-state index is 0.0701. The van der Waals surface area contributed by atoms with E-state index in [9.17, 15) is 4.79 Å². The van der Waals surface area contributed by atoms with Crippen LogP contribution in [0.1, 0.15) is 32.1 Å². The molecule has 0 aromatic heterocycles. The third-order valence-corrected chi connectivity index (χ3v) is 5.56. The van der Waals surface area contributed by atoms with E-state index in [4.69, 9.17) is 0 Å². The highest BCUT2D eigenvalue weighted by molar-refractivity contribution is 14.1. The number of carbonyl (C=O) groups is 1. The van der Waals surface area contributed by atoms with Crippen LogP contribution in [0.15, 0.2) is 18.2 Å². The van der Waals surface area contributed by atoms with Crippen LogP contribution in [0.3, 0.4) is 0 Å². The molecular formula is C15H17IN2O. The fourth-order valence-electron chi connectivity index (χ4n) is 4.09. The molecule has 1 aromatic rings. The highest BCUT2D eigenvalue weighted by atomic mass is 127. The van der Waals surface area contributed by atoms with Crippen LogP contribution in [-0.2, 0) is 4.79 Å². The summed E-state index contributed by atoms with van der Waals surface area (Å²) in [5, 5.41) is 3.10. The van der Waals surface area contributed by atoms with Gasteiger partial charge in [0.2, 0.25) is 5.91 Å². The van der Waals surface area contributed by atoms with Crippen LogP contribution in [-0.4, -0.2) is 18.0 Å². The fraction of sp³-hybridized carbons (Fsp3) is 0.533. The Morgan fingerprint density at radius 3 is 3.00 bits per heavy atom. The lowest BCUT2D eigenvalue weighted by Gasteiger charge is -2.39. The molecule has 19 heavy (non-hydrogen) atoms. The summed E-state index contributed by atoms with van der Waals surface area (Å²) in [6.07, 6.45) is 6.24. The largest absolute Gasteiger partial charge is 0.355 e. The van der Waals surface area contributed by atoms with Gasteiger partial charge in [0.1, 0.15) is 6.04 Å². The number of rotatable bonds is 0. The lowest BCUT2D eigenvalue weighted by atomic mass is 9.84. The average Bonchev–Trinajstić information content (AvgIpc) is 2.79. The Bertz CT molecular complexity index is 545. The Morgan fingerprint density at radius 2 is 2.11 bits per heavy atom. The average molecular weight is 368 g/mol. The first-order valence-corrected chi connectivity index (χ1v) is 8.20. The second-order valence-corrected chi connectivity index (χ2v) is 7.17. The molecule has 1 saturated heterocycles. The first kappa shape index (κ1) is 12.0. The molecule has 4 rings (SSSR count). The van der Waals surface area contributed by atoms with Crippen molar-refractivity contribution in [1.29, 1.82) is 0 Å². The molecule has 3 aliphatic rings. The molecule has 1 N–H and O–H groups in total. The maximum Gasteiger partial charge on any atom is 0.247 e. The number of benzene rings is 1. The minimum atomic E-state index is 0.0701. The zero-order chi connectivity index (χ0) is 13.0. The van der Waals surface area contributed by atoms with Gasteiger partial charge >= 0.3 is 0 Å². The molecule has 3 atom stereocenters. The van der Waals surface area contributed by atoms with Crippen LogP contribution in [0.2, 0.25) is 0 Å². The van der Waals surface area contributed by atoms with Gasteiger partial charge in [-0.25, -0.2) is 0 Å². The summed E-state index contributed by atoms with van der Waals surface area (Å²) in [6, 6.07) is 7.06. The predicted octanol–water partition coefficient (Wildman–Crippen LogP) is 3.38. The molecule has 2 heterocycles. The standard InChI is InChI=1S/C15H17IN2O/c16-10-5-6-13-11(8-10)17-15(19)14-7-9-3-1-2-4-12(9)18(13)14/h5-6,8-9,12,14H,1-4,7H2,(H,17,19). The zero-order valence-corrected chi connectivity index (χ0v) is 12.9. The van der Waals surface area contributed by atoms with E-state index in [1.807, 2.05) is 0 Å². The lowest BCUT2D eigenvalue weighted by molar-refractivity contribution is -0.117. The second-order valence-electron chi connectivity index (χ2n) is 5.92. The molecule has 1 aliphatic carbocycles. The van der Waals surface area contributed by atoms with Gasteiger partial charge in [-0.3, -0.25) is 4.79 Å². The van der Waals surface area contributed by atoms with Crippen molar-refractivity contribution in [3.63, 3.8) is 0 Å². The first-order chi connectivity index (χ1) is 9.24. The maximum absolute atomic E-state index is 12.3. The first-order valence-electron chi connectivity index (χ1n) is 7.13. The maximum atomic E-state index is 12.3. The Kier molecular flexibility index (Phi) is 2.76. The molecule has 2 fully saturated rings. The topological polar surface area (TPSA) is 32.3 Å². The Balaban J connectivity index is 1.80. The number of hydrogen-bond acceptors (Lipinski definition) is 2. The van der Waals surface area contributed by atoms with Crippen molar-refractivity contribution in [2.75, 3.05) is 10.2 Å². The van der Waals surface area contributed by atoms with Crippen LogP contribution >= 0.6 is 22.6 Å². The molecule has 3 nitrogen and oxygen atoms in total. The van der Waals surface area contributed by atoms with E-state index < -0.39 is 0 Å². The summed E-state index contributed by atoms with van der Waals surface area (Å²) >= 11 is 2.30. The Morgan fingerprint density at radius 1 is 1.26 bits per heavy atom. The molecule has 0 spiro atoms.